The third-order valence-corrected chi connectivity index (χ3v) is 6.83. The number of rotatable bonds is 0. The maximum absolute atomic E-state index is 6.32. The van der Waals surface area contributed by atoms with E-state index in [9.17, 15) is 0 Å². The third kappa shape index (κ3) is 3.86. The quantitative estimate of drug-likeness (QED) is 0.217. The lowest BCUT2D eigenvalue weighted by Crippen LogP contribution is -1.90. The predicted molar refractivity (Wildman–Crippen MR) is 136 cm³/mol. The van der Waals surface area contributed by atoms with E-state index in [0.717, 1.165) is 29.4 Å². The fraction of sp³-hybridized carbons (Fsp3) is 0.0714. The molecule has 0 amide bonds. The minimum Gasteiger partial charge on any atom is -0.0829 e. The number of aryl methyl sites for hydroxylation is 2. The van der Waals surface area contributed by atoms with Gasteiger partial charge in [0.2, 0.25) is 0 Å². The van der Waals surface area contributed by atoms with Gasteiger partial charge in [-0.15, -0.1) is 0 Å². The Morgan fingerprint density at radius 1 is 0.469 bits per heavy atom. The smallest absolute Gasteiger partial charge is 0.0621 e. The van der Waals surface area contributed by atoms with Crippen LogP contribution in [0.2, 0.25) is 20.1 Å². The fourth-order valence-electron chi connectivity index (χ4n) is 4.03. The summed E-state index contributed by atoms with van der Waals surface area (Å²) in [7, 11) is 0. The fourth-order valence-corrected chi connectivity index (χ4v) is 5.02. The van der Waals surface area contributed by atoms with Gasteiger partial charge in [-0.3, -0.25) is 0 Å². The molecule has 0 heterocycles. The average molecular weight is 492 g/mol. The molecule has 0 bridgehead atoms. The average Bonchev–Trinajstić information content (AvgIpc) is 3.19. The summed E-state index contributed by atoms with van der Waals surface area (Å²) in [6.45, 7) is 0. The summed E-state index contributed by atoms with van der Waals surface area (Å²) < 4.78 is 0. The summed E-state index contributed by atoms with van der Waals surface area (Å²) in [5.41, 5.74) is 5.65. The topological polar surface area (TPSA) is 0 Å². The first-order valence-electron chi connectivity index (χ1n) is 10.0. The SMILES string of the molecule is Clc1cccc(Cl)c1C#Cc1ccc2c3c(ccc(C#Cc4c(Cl)cccc4Cl)c13)CC2. The lowest BCUT2D eigenvalue weighted by atomic mass is 9.95. The molecule has 0 spiro atoms. The van der Waals surface area contributed by atoms with Gasteiger partial charge in [-0.2, -0.15) is 0 Å². The second-order valence-corrected chi connectivity index (χ2v) is 9.12. The van der Waals surface area contributed by atoms with Crippen LogP contribution in [0.3, 0.4) is 0 Å². The molecule has 0 saturated carbocycles. The Morgan fingerprint density at radius 2 is 0.875 bits per heavy atom. The summed E-state index contributed by atoms with van der Waals surface area (Å²) in [6, 6.07) is 19.2. The first-order valence-corrected chi connectivity index (χ1v) is 11.5. The van der Waals surface area contributed by atoms with E-state index < -0.39 is 0 Å². The molecule has 4 aromatic carbocycles. The van der Waals surface area contributed by atoms with Gasteiger partial charge in [0.25, 0.3) is 0 Å². The summed E-state index contributed by atoms with van der Waals surface area (Å²) >= 11 is 25.3. The highest BCUT2D eigenvalue weighted by molar-refractivity contribution is 6.37. The summed E-state index contributed by atoms with van der Waals surface area (Å²) in [5, 5.41) is 4.41. The second kappa shape index (κ2) is 8.75. The standard InChI is InChI=1S/C28H14Cl4/c29-23-3-1-4-24(30)21(23)15-13-19-11-9-17-7-8-18-10-12-20(28(19)27(17)18)14-16-22-25(31)5-2-6-26(22)32/h1-6,9-12H,7-8H2. The van der Waals surface area contributed by atoms with Crippen molar-refractivity contribution in [2.24, 2.45) is 0 Å². The highest BCUT2D eigenvalue weighted by Crippen LogP contribution is 2.35. The minimum atomic E-state index is 0.532. The molecule has 0 aromatic heterocycles. The first kappa shape index (κ1) is 21.3. The van der Waals surface area contributed by atoms with Gasteiger partial charge in [-0.05, 0) is 65.8 Å². The zero-order valence-electron chi connectivity index (χ0n) is 16.7. The molecule has 4 heteroatoms. The zero-order chi connectivity index (χ0) is 22.2. The molecule has 0 atom stereocenters. The Morgan fingerprint density at radius 3 is 1.28 bits per heavy atom. The van der Waals surface area contributed by atoms with Gasteiger partial charge in [0.05, 0.1) is 31.2 Å². The van der Waals surface area contributed by atoms with Crippen molar-refractivity contribution >= 4 is 57.2 Å². The molecular weight excluding hydrogens is 478 g/mol. The van der Waals surface area contributed by atoms with E-state index >= 15 is 0 Å². The molecule has 0 fully saturated rings. The maximum atomic E-state index is 6.32. The van der Waals surface area contributed by atoms with Crippen molar-refractivity contribution in [3.8, 4) is 23.7 Å². The predicted octanol–water partition coefficient (Wildman–Crippen LogP) is 8.35. The highest BCUT2D eigenvalue weighted by atomic mass is 35.5. The second-order valence-electron chi connectivity index (χ2n) is 7.49. The third-order valence-electron chi connectivity index (χ3n) is 5.57. The molecule has 1 aliphatic carbocycles. The van der Waals surface area contributed by atoms with E-state index in [1.165, 1.54) is 16.5 Å². The van der Waals surface area contributed by atoms with Crippen LogP contribution in [0.25, 0.3) is 10.8 Å². The van der Waals surface area contributed by atoms with Crippen molar-refractivity contribution in [2.45, 2.75) is 12.8 Å². The molecule has 0 unspecified atom stereocenters. The Labute approximate surface area is 207 Å². The van der Waals surface area contributed by atoms with Crippen LogP contribution in [0, 0.1) is 23.7 Å². The zero-order valence-corrected chi connectivity index (χ0v) is 19.7. The molecule has 5 rings (SSSR count). The highest BCUT2D eigenvalue weighted by Gasteiger charge is 2.18. The van der Waals surface area contributed by atoms with Gasteiger partial charge in [-0.1, -0.05) is 94.4 Å². The number of hydrogen-bond donors (Lipinski definition) is 0. The van der Waals surface area contributed by atoms with Gasteiger partial charge < -0.3 is 0 Å². The van der Waals surface area contributed by atoms with Crippen LogP contribution in [-0.2, 0) is 12.8 Å². The molecule has 0 N–H and O–H groups in total. The van der Waals surface area contributed by atoms with Crippen molar-refractivity contribution in [1.82, 2.24) is 0 Å². The molecule has 0 saturated heterocycles. The maximum Gasteiger partial charge on any atom is 0.0621 e. The van der Waals surface area contributed by atoms with Crippen molar-refractivity contribution < 1.29 is 0 Å². The molecule has 1 aliphatic rings. The lowest BCUT2D eigenvalue weighted by molar-refractivity contribution is 1.02. The van der Waals surface area contributed by atoms with Crippen LogP contribution < -0.4 is 0 Å². The monoisotopic (exact) mass is 490 g/mol. The lowest BCUT2D eigenvalue weighted by Gasteiger charge is -2.08. The molecule has 0 aliphatic heterocycles. The number of benzene rings is 4. The van der Waals surface area contributed by atoms with E-state index in [4.69, 9.17) is 46.4 Å². The van der Waals surface area contributed by atoms with Crippen molar-refractivity contribution in [3.63, 3.8) is 0 Å². The van der Waals surface area contributed by atoms with Gasteiger partial charge in [0.15, 0.2) is 0 Å². The van der Waals surface area contributed by atoms with Crippen LogP contribution in [0.4, 0.5) is 0 Å². The Bertz CT molecular complexity index is 1370. The van der Waals surface area contributed by atoms with E-state index in [2.05, 4.69) is 47.9 Å². The van der Waals surface area contributed by atoms with Gasteiger partial charge >= 0.3 is 0 Å². The van der Waals surface area contributed by atoms with E-state index in [-0.39, 0.29) is 0 Å². The molecule has 154 valence electrons. The number of hydrogen-bond acceptors (Lipinski definition) is 0. The largest absolute Gasteiger partial charge is 0.0829 e. The van der Waals surface area contributed by atoms with Gasteiger partial charge in [-0.25, -0.2) is 0 Å². The summed E-state index contributed by atoms with van der Waals surface area (Å²) in [5.74, 6) is 12.9. The normalized spacial score (nSPS) is 11.6. The summed E-state index contributed by atoms with van der Waals surface area (Å²) in [6.07, 6.45) is 2.03. The van der Waals surface area contributed by atoms with Crippen molar-refractivity contribution in [3.05, 3.63) is 114 Å². The molecule has 4 aromatic rings. The minimum absolute atomic E-state index is 0.532. The molecule has 32 heavy (non-hydrogen) atoms. The number of halogens is 4. The van der Waals surface area contributed by atoms with Crippen LogP contribution in [-0.4, -0.2) is 0 Å². The Kier molecular flexibility index (Phi) is 5.82. The van der Waals surface area contributed by atoms with Gasteiger partial charge in [0.1, 0.15) is 0 Å². The Hall–Kier alpha value is -2.58. The van der Waals surface area contributed by atoms with Crippen LogP contribution in [0.15, 0.2) is 60.7 Å². The molecular formula is C28H14Cl4. The van der Waals surface area contributed by atoms with E-state index in [0.29, 0.717) is 31.2 Å². The van der Waals surface area contributed by atoms with Crippen LogP contribution >= 0.6 is 46.4 Å². The van der Waals surface area contributed by atoms with E-state index in [1.807, 2.05) is 12.1 Å². The van der Waals surface area contributed by atoms with Crippen LogP contribution in [0.5, 0.6) is 0 Å². The molecule has 0 nitrogen and oxygen atoms in total. The molecule has 0 radical (unpaired) electrons. The summed E-state index contributed by atoms with van der Waals surface area (Å²) in [4.78, 5) is 0. The van der Waals surface area contributed by atoms with Gasteiger partial charge in [0, 0.05) is 16.5 Å². The van der Waals surface area contributed by atoms with Crippen molar-refractivity contribution in [2.75, 3.05) is 0 Å². The Balaban J connectivity index is 1.72. The first-order chi connectivity index (χ1) is 15.5. The van der Waals surface area contributed by atoms with Crippen molar-refractivity contribution in [1.29, 1.82) is 0 Å². The van der Waals surface area contributed by atoms with E-state index in [1.54, 1.807) is 24.3 Å². The van der Waals surface area contributed by atoms with Crippen LogP contribution in [0.1, 0.15) is 33.4 Å².